The van der Waals surface area contributed by atoms with E-state index in [1.165, 1.54) is 10.9 Å². The average molecular weight is 318 g/mol. The largest absolute Gasteiger partial charge is 0.478 e. The number of pyridine rings is 1. The van der Waals surface area contributed by atoms with E-state index in [-0.39, 0.29) is 11.3 Å². The van der Waals surface area contributed by atoms with Crippen molar-refractivity contribution < 1.29 is 15.0 Å². The van der Waals surface area contributed by atoms with Crippen LogP contribution in [0.4, 0.5) is 0 Å². The summed E-state index contributed by atoms with van der Waals surface area (Å²) < 4.78 is 1.49. The number of hydrogen-bond acceptors (Lipinski definition) is 4. The van der Waals surface area contributed by atoms with Crippen molar-refractivity contribution >= 4 is 28.5 Å². The maximum atomic E-state index is 11.1. The molecule has 0 atom stereocenters. The molecule has 2 heterocycles. The molecule has 0 bridgehead atoms. The van der Waals surface area contributed by atoms with E-state index < -0.39 is 12.6 Å². The van der Waals surface area contributed by atoms with Gasteiger partial charge < -0.3 is 10.2 Å². The van der Waals surface area contributed by atoms with Crippen LogP contribution in [0.3, 0.4) is 0 Å². The van der Waals surface area contributed by atoms with Gasteiger partial charge in [-0.2, -0.15) is 5.10 Å². The van der Waals surface area contributed by atoms with Gasteiger partial charge in [0.05, 0.1) is 23.7 Å². The number of carboxylic acid groups (broad SMARTS) is 1. The lowest BCUT2D eigenvalue weighted by atomic mass is 10.1. The molecule has 2 aromatic heterocycles. The van der Waals surface area contributed by atoms with Gasteiger partial charge in [-0.25, -0.2) is 4.79 Å². The zero-order valence-corrected chi connectivity index (χ0v) is 12.2. The fourth-order valence-electron chi connectivity index (χ4n) is 2.28. The molecule has 0 aliphatic rings. The molecule has 0 saturated carbocycles. The number of nitrogens with zero attached hydrogens (tertiary/aromatic N) is 3. The van der Waals surface area contributed by atoms with Gasteiger partial charge in [-0.15, -0.1) is 0 Å². The zero-order chi connectivity index (χ0) is 15.7. The maximum Gasteiger partial charge on any atom is 0.339 e. The van der Waals surface area contributed by atoms with Gasteiger partial charge in [0, 0.05) is 17.8 Å². The lowest BCUT2D eigenvalue weighted by molar-refractivity contribution is 0.0693. The van der Waals surface area contributed by atoms with E-state index in [0.29, 0.717) is 11.6 Å². The molecule has 0 radical (unpaired) electrons. The molecule has 1 aromatic carbocycles. The normalized spacial score (nSPS) is 11.0. The third kappa shape index (κ3) is 2.79. The number of halogens is 1. The monoisotopic (exact) mass is 317 g/mol. The highest BCUT2D eigenvalue weighted by molar-refractivity contribution is 6.31. The van der Waals surface area contributed by atoms with Crippen LogP contribution in [-0.2, 0) is 13.2 Å². The standard InChI is InChI=1S/C15H12ClN3O3/c16-11-4-10-3-9(1-2-13(10)17-5-11)6-19-7-12(15(21)22)14(8-20)18-19/h1-5,7,20H,6,8H2,(H,21,22). The van der Waals surface area contributed by atoms with Gasteiger partial charge in [0.2, 0.25) is 0 Å². The van der Waals surface area contributed by atoms with Gasteiger partial charge in [0.15, 0.2) is 0 Å². The van der Waals surface area contributed by atoms with Gasteiger partial charge in [0.1, 0.15) is 11.3 Å². The van der Waals surface area contributed by atoms with Crippen molar-refractivity contribution in [3.05, 3.63) is 58.5 Å². The second-order valence-electron chi connectivity index (χ2n) is 4.83. The number of aliphatic hydroxyl groups excluding tert-OH is 1. The molecule has 0 saturated heterocycles. The second-order valence-corrected chi connectivity index (χ2v) is 5.27. The van der Waals surface area contributed by atoms with E-state index in [4.69, 9.17) is 21.8 Å². The first-order valence-electron chi connectivity index (χ1n) is 6.51. The van der Waals surface area contributed by atoms with Gasteiger partial charge in [-0.3, -0.25) is 9.67 Å². The SMILES string of the molecule is O=C(O)c1cn(Cc2ccc3ncc(Cl)cc3c2)nc1CO. The van der Waals surface area contributed by atoms with Crippen molar-refractivity contribution in [2.75, 3.05) is 0 Å². The Labute approximate surface area is 130 Å². The van der Waals surface area contributed by atoms with Crippen LogP contribution in [0.25, 0.3) is 10.9 Å². The van der Waals surface area contributed by atoms with E-state index in [0.717, 1.165) is 16.5 Å². The highest BCUT2D eigenvalue weighted by atomic mass is 35.5. The van der Waals surface area contributed by atoms with Gasteiger partial charge in [0.25, 0.3) is 0 Å². The van der Waals surface area contributed by atoms with Crippen molar-refractivity contribution in [1.29, 1.82) is 0 Å². The number of benzene rings is 1. The van der Waals surface area contributed by atoms with E-state index in [2.05, 4.69) is 10.1 Å². The Balaban J connectivity index is 1.94. The summed E-state index contributed by atoms with van der Waals surface area (Å²) in [5, 5.41) is 23.8. The van der Waals surface area contributed by atoms with Crippen molar-refractivity contribution in [2.45, 2.75) is 13.2 Å². The average Bonchev–Trinajstić information content (AvgIpc) is 2.90. The van der Waals surface area contributed by atoms with Crippen LogP contribution in [0, 0.1) is 0 Å². The molecule has 0 amide bonds. The first-order chi connectivity index (χ1) is 10.6. The number of aromatic nitrogens is 3. The third-order valence-corrected chi connectivity index (χ3v) is 3.48. The third-order valence-electron chi connectivity index (χ3n) is 3.28. The lowest BCUT2D eigenvalue weighted by Gasteiger charge is -2.04. The summed E-state index contributed by atoms with van der Waals surface area (Å²) in [7, 11) is 0. The highest BCUT2D eigenvalue weighted by Crippen LogP contribution is 2.19. The van der Waals surface area contributed by atoms with Crippen LogP contribution < -0.4 is 0 Å². The Morgan fingerprint density at radius 3 is 2.82 bits per heavy atom. The summed E-state index contributed by atoms with van der Waals surface area (Å²) in [4.78, 5) is 15.3. The summed E-state index contributed by atoms with van der Waals surface area (Å²) in [5.74, 6) is -1.11. The van der Waals surface area contributed by atoms with Crippen LogP contribution in [0.5, 0.6) is 0 Å². The molecular weight excluding hydrogens is 306 g/mol. The minimum atomic E-state index is -1.11. The first-order valence-corrected chi connectivity index (χ1v) is 6.89. The minimum Gasteiger partial charge on any atom is -0.478 e. The second kappa shape index (κ2) is 5.75. The van der Waals surface area contributed by atoms with Crippen molar-refractivity contribution in [3.63, 3.8) is 0 Å². The van der Waals surface area contributed by atoms with Gasteiger partial charge in [-0.05, 0) is 23.8 Å². The van der Waals surface area contributed by atoms with Crippen molar-refractivity contribution in [2.24, 2.45) is 0 Å². The molecule has 0 fully saturated rings. The number of carboxylic acids is 1. The number of fused-ring (bicyclic) bond motifs is 1. The summed E-state index contributed by atoms with van der Waals surface area (Å²) in [5.41, 5.74) is 1.92. The van der Waals surface area contributed by atoms with Gasteiger partial charge in [-0.1, -0.05) is 17.7 Å². The number of carbonyl (C=O) groups is 1. The molecule has 6 nitrogen and oxygen atoms in total. The van der Waals surface area contributed by atoms with Crippen molar-refractivity contribution in [3.8, 4) is 0 Å². The highest BCUT2D eigenvalue weighted by Gasteiger charge is 2.14. The minimum absolute atomic E-state index is 0.00741. The smallest absolute Gasteiger partial charge is 0.339 e. The predicted octanol–water partition coefficient (Wildman–Crippen LogP) is 2.32. The topological polar surface area (TPSA) is 88.2 Å². The summed E-state index contributed by atoms with van der Waals surface area (Å²) in [6.07, 6.45) is 3.00. The number of aliphatic hydroxyl groups is 1. The molecule has 0 unspecified atom stereocenters. The fourth-order valence-corrected chi connectivity index (χ4v) is 2.44. The number of hydrogen-bond donors (Lipinski definition) is 2. The molecule has 0 aliphatic heterocycles. The Hall–Kier alpha value is -2.44. The molecule has 0 aliphatic carbocycles. The quantitative estimate of drug-likeness (QED) is 0.771. The van der Waals surface area contributed by atoms with Crippen LogP contribution in [0.2, 0.25) is 5.02 Å². The lowest BCUT2D eigenvalue weighted by Crippen LogP contribution is -2.01. The van der Waals surface area contributed by atoms with Crippen LogP contribution >= 0.6 is 11.6 Å². The number of rotatable bonds is 4. The van der Waals surface area contributed by atoms with E-state index in [1.807, 2.05) is 24.3 Å². The molecule has 3 aromatic rings. The van der Waals surface area contributed by atoms with E-state index in [9.17, 15) is 4.79 Å². The molecule has 22 heavy (non-hydrogen) atoms. The molecule has 3 rings (SSSR count). The Bertz CT molecular complexity index is 860. The molecule has 2 N–H and O–H groups in total. The van der Waals surface area contributed by atoms with E-state index in [1.54, 1.807) is 6.20 Å². The summed E-state index contributed by atoms with van der Waals surface area (Å²) in [6.45, 7) is -0.0192. The molecular formula is C15H12ClN3O3. The predicted molar refractivity (Wildman–Crippen MR) is 81.0 cm³/mol. The van der Waals surface area contributed by atoms with Gasteiger partial charge >= 0.3 is 5.97 Å². The van der Waals surface area contributed by atoms with Crippen LogP contribution in [-0.4, -0.2) is 30.9 Å². The van der Waals surface area contributed by atoms with Crippen LogP contribution in [0.1, 0.15) is 21.6 Å². The maximum absolute atomic E-state index is 11.1. The summed E-state index contributed by atoms with van der Waals surface area (Å²) >= 11 is 5.94. The van der Waals surface area contributed by atoms with Crippen LogP contribution in [0.15, 0.2) is 36.7 Å². The number of aromatic carboxylic acids is 1. The Morgan fingerprint density at radius 2 is 2.14 bits per heavy atom. The Morgan fingerprint density at radius 1 is 1.32 bits per heavy atom. The summed E-state index contributed by atoms with van der Waals surface area (Å²) in [6, 6.07) is 7.51. The van der Waals surface area contributed by atoms with Crippen molar-refractivity contribution in [1.82, 2.24) is 14.8 Å². The Kier molecular flexibility index (Phi) is 3.79. The molecule has 112 valence electrons. The van der Waals surface area contributed by atoms with E-state index >= 15 is 0 Å². The molecule has 0 spiro atoms. The first kappa shape index (κ1) is 14.5. The zero-order valence-electron chi connectivity index (χ0n) is 11.4. The fraction of sp³-hybridized carbons (Fsp3) is 0.133. The molecule has 7 heteroatoms.